The molecule has 0 aliphatic heterocycles. The lowest BCUT2D eigenvalue weighted by atomic mass is 10.1. The molecule has 0 fully saturated rings. The van der Waals surface area contributed by atoms with Gasteiger partial charge in [-0.2, -0.15) is 0 Å². The van der Waals surface area contributed by atoms with Crippen molar-refractivity contribution in [2.24, 2.45) is 7.05 Å². The minimum atomic E-state index is -0.774. The van der Waals surface area contributed by atoms with E-state index < -0.39 is 17.6 Å². The first-order valence-electron chi connectivity index (χ1n) is 9.61. The van der Waals surface area contributed by atoms with E-state index in [0.717, 1.165) is 0 Å². The van der Waals surface area contributed by atoms with Gasteiger partial charge in [-0.25, -0.2) is 4.39 Å². The smallest absolute Gasteiger partial charge is 0.294 e. The van der Waals surface area contributed by atoms with Crippen molar-refractivity contribution in [1.29, 1.82) is 0 Å². The standard InChI is InChI=1S/C21H23FN6O3/c1-11-9-14(5-6-15(11)22)26-20(30)17-12(2)18(28(4)13(17)3)19(29)21(31)23-8-7-16-24-10-25-27-16/h5-6,9-10H,7-8H2,1-4H3,(H,23,31)(H,26,30)(H,24,25,27). The lowest BCUT2D eigenvalue weighted by molar-refractivity contribution is -0.117. The van der Waals surface area contributed by atoms with Crippen LogP contribution in [-0.2, 0) is 18.3 Å². The fourth-order valence-electron chi connectivity index (χ4n) is 3.39. The molecule has 0 atom stereocenters. The van der Waals surface area contributed by atoms with Gasteiger partial charge in [-0.15, -0.1) is 10.2 Å². The number of rotatable bonds is 7. The zero-order chi connectivity index (χ0) is 22.7. The molecule has 0 saturated carbocycles. The normalized spacial score (nSPS) is 10.7. The summed E-state index contributed by atoms with van der Waals surface area (Å²) in [6.07, 6.45) is 1.83. The first-order valence-corrected chi connectivity index (χ1v) is 9.61. The number of aromatic amines is 1. The van der Waals surface area contributed by atoms with E-state index in [-0.39, 0.29) is 18.1 Å². The van der Waals surface area contributed by atoms with Crippen LogP contribution in [0.5, 0.6) is 0 Å². The molecule has 0 radical (unpaired) electrons. The summed E-state index contributed by atoms with van der Waals surface area (Å²) in [4.78, 5) is 40.8. The number of nitrogens with one attached hydrogen (secondary N) is 3. The molecule has 3 rings (SSSR count). The van der Waals surface area contributed by atoms with Crippen LogP contribution in [0.2, 0.25) is 0 Å². The molecule has 9 nitrogen and oxygen atoms in total. The summed E-state index contributed by atoms with van der Waals surface area (Å²) in [7, 11) is 1.62. The number of carbonyl (C=O) groups excluding carboxylic acids is 3. The van der Waals surface area contributed by atoms with Crippen molar-refractivity contribution in [3.63, 3.8) is 0 Å². The van der Waals surface area contributed by atoms with Crippen molar-refractivity contribution in [2.45, 2.75) is 27.2 Å². The summed E-state index contributed by atoms with van der Waals surface area (Å²) >= 11 is 0. The average Bonchev–Trinajstić information content (AvgIpc) is 3.31. The predicted octanol–water partition coefficient (Wildman–Crippen LogP) is 2.00. The van der Waals surface area contributed by atoms with Crippen LogP contribution in [0, 0.1) is 26.6 Å². The maximum atomic E-state index is 13.5. The Morgan fingerprint density at radius 3 is 2.58 bits per heavy atom. The number of ketones is 1. The molecule has 162 valence electrons. The largest absolute Gasteiger partial charge is 0.349 e. The van der Waals surface area contributed by atoms with Crippen LogP contribution < -0.4 is 10.6 Å². The lowest BCUT2D eigenvalue weighted by Crippen LogP contribution is -2.34. The molecule has 1 aromatic carbocycles. The molecule has 3 aromatic rings. The first kappa shape index (κ1) is 21.9. The number of carbonyl (C=O) groups is 3. The molecule has 0 spiro atoms. The van der Waals surface area contributed by atoms with E-state index in [9.17, 15) is 18.8 Å². The van der Waals surface area contributed by atoms with E-state index in [4.69, 9.17) is 0 Å². The van der Waals surface area contributed by atoms with Crippen LogP contribution in [0.3, 0.4) is 0 Å². The van der Waals surface area contributed by atoms with Crippen molar-refractivity contribution in [3.8, 4) is 0 Å². The van der Waals surface area contributed by atoms with Gasteiger partial charge in [0.25, 0.3) is 17.6 Å². The Balaban J connectivity index is 1.76. The highest BCUT2D eigenvalue weighted by Crippen LogP contribution is 2.23. The molecule has 2 amide bonds. The number of benzene rings is 1. The first-order chi connectivity index (χ1) is 14.7. The van der Waals surface area contributed by atoms with Crippen LogP contribution in [0.15, 0.2) is 24.5 Å². The van der Waals surface area contributed by atoms with E-state index in [2.05, 4.69) is 25.8 Å². The fraction of sp³-hybridized carbons (Fsp3) is 0.286. The molecule has 3 N–H and O–H groups in total. The second kappa shape index (κ2) is 8.90. The topological polar surface area (TPSA) is 122 Å². The predicted molar refractivity (Wildman–Crippen MR) is 111 cm³/mol. The van der Waals surface area contributed by atoms with E-state index in [1.165, 1.54) is 29.1 Å². The zero-order valence-electron chi connectivity index (χ0n) is 17.7. The van der Waals surface area contributed by atoms with Crippen LogP contribution >= 0.6 is 0 Å². The van der Waals surface area contributed by atoms with Gasteiger partial charge in [0.1, 0.15) is 18.0 Å². The maximum Gasteiger partial charge on any atom is 0.294 e. The van der Waals surface area contributed by atoms with Crippen molar-refractivity contribution >= 4 is 23.3 Å². The number of anilines is 1. The Hall–Kier alpha value is -3.82. The van der Waals surface area contributed by atoms with Gasteiger partial charge in [0.15, 0.2) is 0 Å². The number of nitrogens with zero attached hydrogens (tertiary/aromatic N) is 3. The van der Waals surface area contributed by atoms with Crippen molar-refractivity contribution in [1.82, 2.24) is 25.1 Å². The van der Waals surface area contributed by atoms with Gasteiger partial charge >= 0.3 is 0 Å². The minimum absolute atomic E-state index is 0.134. The molecule has 2 aromatic heterocycles. The highest BCUT2D eigenvalue weighted by Gasteiger charge is 2.28. The van der Waals surface area contributed by atoms with Gasteiger partial charge in [-0.1, -0.05) is 0 Å². The highest BCUT2D eigenvalue weighted by atomic mass is 19.1. The third kappa shape index (κ3) is 4.52. The molecule has 0 unspecified atom stereocenters. The lowest BCUT2D eigenvalue weighted by Gasteiger charge is -2.07. The van der Waals surface area contributed by atoms with Gasteiger partial charge in [0.2, 0.25) is 0 Å². The second-order valence-electron chi connectivity index (χ2n) is 7.18. The van der Waals surface area contributed by atoms with Gasteiger partial charge in [-0.05, 0) is 50.1 Å². The average molecular weight is 426 g/mol. The Morgan fingerprint density at radius 2 is 1.94 bits per heavy atom. The quantitative estimate of drug-likeness (QED) is 0.394. The maximum absolute atomic E-state index is 13.5. The highest BCUT2D eigenvalue weighted by molar-refractivity contribution is 6.43. The van der Waals surface area contributed by atoms with Crippen LogP contribution in [0.1, 0.15) is 43.5 Å². The molecular formula is C21H23FN6O3. The number of halogens is 1. The number of amides is 2. The molecule has 0 aliphatic carbocycles. The van der Waals surface area contributed by atoms with Gasteiger partial charge in [-0.3, -0.25) is 14.4 Å². The Kier molecular flexibility index (Phi) is 6.28. The fourth-order valence-corrected chi connectivity index (χ4v) is 3.39. The SMILES string of the molecule is Cc1cc(NC(=O)c2c(C)c(C(=O)C(=O)NCCc3nnc[nH]3)n(C)c2C)ccc1F. The van der Waals surface area contributed by atoms with Gasteiger partial charge < -0.3 is 20.2 Å². The van der Waals surface area contributed by atoms with Crippen molar-refractivity contribution < 1.29 is 18.8 Å². The number of aryl methyl sites for hydroxylation is 1. The zero-order valence-corrected chi connectivity index (χ0v) is 17.7. The number of aromatic nitrogens is 4. The molecule has 0 saturated heterocycles. The van der Waals surface area contributed by atoms with E-state index in [1.807, 2.05) is 0 Å². The number of hydrogen-bond donors (Lipinski definition) is 3. The number of hydrogen-bond acceptors (Lipinski definition) is 5. The van der Waals surface area contributed by atoms with Crippen LogP contribution in [-0.4, -0.2) is 43.9 Å². The molecular weight excluding hydrogens is 403 g/mol. The summed E-state index contributed by atoms with van der Waals surface area (Å²) in [5, 5.41) is 12.7. The number of H-pyrrole nitrogens is 1. The van der Waals surface area contributed by atoms with E-state index >= 15 is 0 Å². The van der Waals surface area contributed by atoms with E-state index in [0.29, 0.717) is 40.3 Å². The Bertz CT molecular complexity index is 1150. The Labute approximate surface area is 178 Å². The summed E-state index contributed by atoms with van der Waals surface area (Å²) < 4.78 is 15.0. The third-order valence-electron chi connectivity index (χ3n) is 5.11. The molecule has 0 aliphatic rings. The van der Waals surface area contributed by atoms with Crippen LogP contribution in [0.4, 0.5) is 10.1 Å². The molecule has 31 heavy (non-hydrogen) atoms. The molecule has 0 bridgehead atoms. The second-order valence-corrected chi connectivity index (χ2v) is 7.18. The van der Waals surface area contributed by atoms with E-state index in [1.54, 1.807) is 27.8 Å². The molecule has 2 heterocycles. The van der Waals surface area contributed by atoms with Crippen molar-refractivity contribution in [2.75, 3.05) is 11.9 Å². The summed E-state index contributed by atoms with van der Waals surface area (Å²) in [6, 6.07) is 4.25. The van der Waals surface area contributed by atoms with Crippen molar-refractivity contribution in [3.05, 3.63) is 64.2 Å². The minimum Gasteiger partial charge on any atom is -0.349 e. The van der Waals surface area contributed by atoms with Gasteiger partial charge in [0.05, 0.1) is 11.3 Å². The Morgan fingerprint density at radius 1 is 1.19 bits per heavy atom. The monoisotopic (exact) mass is 426 g/mol. The third-order valence-corrected chi connectivity index (χ3v) is 5.11. The van der Waals surface area contributed by atoms with Gasteiger partial charge in [0, 0.05) is 31.4 Å². The summed E-state index contributed by atoms with van der Waals surface area (Å²) in [5.41, 5.74) is 2.19. The summed E-state index contributed by atoms with van der Waals surface area (Å²) in [6.45, 7) is 5.12. The van der Waals surface area contributed by atoms with Crippen LogP contribution in [0.25, 0.3) is 0 Å². The number of Topliss-reactive ketones (excluding diaryl/α,β-unsaturated/α-hetero) is 1. The molecule has 10 heteroatoms. The summed E-state index contributed by atoms with van der Waals surface area (Å²) in [5.74, 6) is -1.73.